The van der Waals surface area contributed by atoms with Gasteiger partial charge < -0.3 is 0 Å². The van der Waals surface area contributed by atoms with Gasteiger partial charge in [-0.3, -0.25) is 4.79 Å². The molecule has 0 spiro atoms. The highest BCUT2D eigenvalue weighted by Gasteiger charge is 2.18. The maximum absolute atomic E-state index is 13.0. The van der Waals surface area contributed by atoms with Crippen molar-refractivity contribution < 1.29 is 4.79 Å². The van der Waals surface area contributed by atoms with Crippen LogP contribution >= 0.6 is 15.8 Å². The van der Waals surface area contributed by atoms with Crippen LogP contribution in [0.4, 0.5) is 0 Å². The van der Waals surface area contributed by atoms with E-state index in [9.17, 15) is 4.79 Å². The van der Waals surface area contributed by atoms with E-state index in [0.717, 1.165) is 12.3 Å². The fourth-order valence-electron chi connectivity index (χ4n) is 3.84. The van der Waals surface area contributed by atoms with Crippen molar-refractivity contribution in [1.29, 1.82) is 0 Å². The predicted octanol–water partition coefficient (Wildman–Crippen LogP) is 5.60. The summed E-state index contributed by atoms with van der Waals surface area (Å²) in [4.78, 5) is 13.0. The molecule has 0 bridgehead atoms. The molecule has 0 atom stereocenters. The molecular weight excluding hydrogens is 426 g/mol. The van der Waals surface area contributed by atoms with Crippen LogP contribution in [0, 0.1) is 0 Å². The van der Waals surface area contributed by atoms with Gasteiger partial charge in [0, 0.05) is 12.8 Å². The molecule has 0 aliphatic heterocycles. The standard InChI is InChI=1S/C29H28OP2/c30-25(21-23-31(26-13-5-1-6-14-26)27-15-7-2-8-16-27)22-24-32(28-17-9-3-10-18-28)29-19-11-4-12-20-29/h1-20H,21-24H2. The Morgan fingerprint density at radius 3 is 0.938 bits per heavy atom. The van der Waals surface area contributed by atoms with E-state index in [4.69, 9.17) is 0 Å². The van der Waals surface area contributed by atoms with Gasteiger partial charge in [0.25, 0.3) is 0 Å². The predicted molar refractivity (Wildman–Crippen MR) is 142 cm³/mol. The van der Waals surface area contributed by atoms with Gasteiger partial charge in [0.15, 0.2) is 0 Å². The Morgan fingerprint density at radius 1 is 0.438 bits per heavy atom. The first-order valence-electron chi connectivity index (χ1n) is 11.1. The molecule has 0 N–H and O–H groups in total. The molecular formula is C29H28OP2. The average molecular weight is 454 g/mol. The third kappa shape index (κ3) is 6.23. The van der Waals surface area contributed by atoms with Crippen molar-refractivity contribution >= 4 is 42.8 Å². The van der Waals surface area contributed by atoms with Gasteiger partial charge in [-0.25, -0.2) is 0 Å². The topological polar surface area (TPSA) is 17.1 Å². The van der Waals surface area contributed by atoms with E-state index in [1.807, 2.05) is 0 Å². The fraction of sp³-hybridized carbons (Fsp3) is 0.138. The number of hydrogen-bond donors (Lipinski definition) is 0. The van der Waals surface area contributed by atoms with Crippen LogP contribution in [0.2, 0.25) is 0 Å². The number of carbonyl (C=O) groups excluding carboxylic acids is 1. The summed E-state index contributed by atoms with van der Waals surface area (Å²) in [6.45, 7) is 0. The van der Waals surface area contributed by atoms with Crippen molar-refractivity contribution in [2.75, 3.05) is 12.3 Å². The molecule has 4 aromatic carbocycles. The molecule has 0 heterocycles. The SMILES string of the molecule is O=C(CCP(c1ccccc1)c1ccccc1)CCP(c1ccccc1)c1ccccc1. The van der Waals surface area contributed by atoms with E-state index in [1.165, 1.54) is 21.2 Å². The van der Waals surface area contributed by atoms with Crippen LogP contribution in [0.15, 0.2) is 121 Å². The van der Waals surface area contributed by atoms with Gasteiger partial charge in [-0.05, 0) is 49.4 Å². The van der Waals surface area contributed by atoms with Crippen LogP contribution in [0.25, 0.3) is 0 Å². The summed E-state index contributed by atoms with van der Waals surface area (Å²) in [7, 11) is -1.03. The second-order valence-electron chi connectivity index (χ2n) is 7.68. The summed E-state index contributed by atoms with van der Waals surface area (Å²) >= 11 is 0. The van der Waals surface area contributed by atoms with Crippen LogP contribution < -0.4 is 21.2 Å². The van der Waals surface area contributed by atoms with Gasteiger partial charge >= 0.3 is 0 Å². The van der Waals surface area contributed by atoms with Crippen molar-refractivity contribution in [1.82, 2.24) is 0 Å². The molecule has 0 saturated heterocycles. The third-order valence-electron chi connectivity index (χ3n) is 5.50. The van der Waals surface area contributed by atoms with Crippen molar-refractivity contribution in [2.24, 2.45) is 0 Å². The van der Waals surface area contributed by atoms with Crippen molar-refractivity contribution in [2.45, 2.75) is 12.8 Å². The zero-order valence-electron chi connectivity index (χ0n) is 18.2. The Balaban J connectivity index is 1.43. The fourth-order valence-corrected chi connectivity index (χ4v) is 8.55. The molecule has 32 heavy (non-hydrogen) atoms. The van der Waals surface area contributed by atoms with Gasteiger partial charge in [-0.15, -0.1) is 0 Å². The Labute approximate surface area is 194 Å². The zero-order chi connectivity index (χ0) is 22.0. The summed E-state index contributed by atoms with van der Waals surface area (Å²) in [5.41, 5.74) is 0. The molecule has 0 amide bonds. The van der Waals surface area contributed by atoms with E-state index in [2.05, 4.69) is 121 Å². The zero-order valence-corrected chi connectivity index (χ0v) is 20.0. The summed E-state index contributed by atoms with van der Waals surface area (Å²) in [5.74, 6) is 0.378. The molecule has 1 nitrogen and oxygen atoms in total. The van der Waals surface area contributed by atoms with Crippen LogP contribution in [-0.2, 0) is 4.79 Å². The minimum atomic E-state index is -0.513. The molecule has 0 aliphatic carbocycles. The lowest BCUT2D eigenvalue weighted by Crippen LogP contribution is -2.18. The molecule has 0 aliphatic rings. The smallest absolute Gasteiger partial charge is 0.133 e. The van der Waals surface area contributed by atoms with Gasteiger partial charge in [-0.2, -0.15) is 0 Å². The van der Waals surface area contributed by atoms with Crippen LogP contribution in [0.3, 0.4) is 0 Å². The molecule has 0 aromatic heterocycles. The van der Waals surface area contributed by atoms with E-state index < -0.39 is 15.8 Å². The normalized spacial score (nSPS) is 11.1. The summed E-state index contributed by atoms with van der Waals surface area (Å²) in [5, 5.41) is 5.38. The Kier molecular flexibility index (Phi) is 8.38. The molecule has 0 saturated carbocycles. The molecule has 4 aromatic rings. The lowest BCUT2D eigenvalue weighted by molar-refractivity contribution is -0.118. The van der Waals surface area contributed by atoms with Crippen molar-refractivity contribution in [3.63, 3.8) is 0 Å². The minimum absolute atomic E-state index is 0.378. The maximum atomic E-state index is 13.0. The van der Waals surface area contributed by atoms with Gasteiger partial charge in [0.1, 0.15) is 5.78 Å². The highest BCUT2D eigenvalue weighted by Crippen LogP contribution is 2.36. The van der Waals surface area contributed by atoms with Crippen LogP contribution in [0.5, 0.6) is 0 Å². The molecule has 3 heteroatoms. The van der Waals surface area contributed by atoms with E-state index in [1.54, 1.807) is 0 Å². The lowest BCUT2D eigenvalue weighted by atomic mass is 10.2. The van der Waals surface area contributed by atoms with Crippen LogP contribution in [-0.4, -0.2) is 18.1 Å². The Hall–Kier alpha value is -2.59. The van der Waals surface area contributed by atoms with E-state index >= 15 is 0 Å². The monoisotopic (exact) mass is 454 g/mol. The number of hydrogen-bond acceptors (Lipinski definition) is 1. The summed E-state index contributed by atoms with van der Waals surface area (Å²) in [6, 6.07) is 42.6. The molecule has 4 rings (SSSR count). The first kappa shape index (κ1) is 22.6. The quantitative estimate of drug-likeness (QED) is 0.285. The van der Waals surface area contributed by atoms with Gasteiger partial charge in [0.05, 0.1) is 0 Å². The molecule has 160 valence electrons. The molecule has 0 radical (unpaired) electrons. The van der Waals surface area contributed by atoms with Gasteiger partial charge in [0.2, 0.25) is 0 Å². The molecule has 0 fully saturated rings. The first-order valence-corrected chi connectivity index (χ1v) is 14.1. The number of rotatable bonds is 10. The number of carbonyl (C=O) groups is 1. The largest absolute Gasteiger partial charge is 0.300 e. The Bertz CT molecular complexity index is 915. The molecule has 0 unspecified atom stereocenters. The Morgan fingerprint density at radius 2 is 0.688 bits per heavy atom. The second-order valence-corrected chi connectivity index (χ2v) is 12.4. The second kappa shape index (κ2) is 11.9. The number of ketones is 1. The number of benzene rings is 4. The third-order valence-corrected chi connectivity index (χ3v) is 10.5. The van der Waals surface area contributed by atoms with Gasteiger partial charge in [-0.1, -0.05) is 121 Å². The van der Waals surface area contributed by atoms with Crippen molar-refractivity contribution in [3.05, 3.63) is 121 Å². The van der Waals surface area contributed by atoms with E-state index in [0.29, 0.717) is 18.6 Å². The summed E-state index contributed by atoms with van der Waals surface area (Å²) < 4.78 is 0. The van der Waals surface area contributed by atoms with E-state index in [-0.39, 0.29) is 0 Å². The maximum Gasteiger partial charge on any atom is 0.133 e. The first-order chi connectivity index (χ1) is 15.8. The number of Topliss-reactive ketones (excluding diaryl/α,β-unsaturated/α-hetero) is 1. The summed E-state index contributed by atoms with van der Waals surface area (Å²) in [6.07, 6.45) is 3.11. The van der Waals surface area contributed by atoms with Crippen molar-refractivity contribution in [3.8, 4) is 0 Å². The highest BCUT2D eigenvalue weighted by atomic mass is 31.1. The average Bonchev–Trinajstić information content (AvgIpc) is 2.87. The van der Waals surface area contributed by atoms with Crippen LogP contribution in [0.1, 0.15) is 12.8 Å². The highest BCUT2D eigenvalue weighted by molar-refractivity contribution is 7.73. The lowest BCUT2D eigenvalue weighted by Gasteiger charge is -2.20. The minimum Gasteiger partial charge on any atom is -0.300 e.